The van der Waals surface area contributed by atoms with Crippen LogP contribution in [-0.2, 0) is 25.7 Å². The van der Waals surface area contributed by atoms with E-state index in [1.54, 1.807) is 12.1 Å². The number of esters is 1. The van der Waals surface area contributed by atoms with Crippen LogP contribution in [0.1, 0.15) is 36.9 Å². The summed E-state index contributed by atoms with van der Waals surface area (Å²) in [6.07, 6.45) is 0.427. The molecule has 2 aromatic rings. The van der Waals surface area contributed by atoms with E-state index in [9.17, 15) is 19.2 Å². The van der Waals surface area contributed by atoms with Gasteiger partial charge in [-0.2, -0.15) is 0 Å². The van der Waals surface area contributed by atoms with Crippen molar-refractivity contribution in [3.05, 3.63) is 47.9 Å². The zero-order valence-electron chi connectivity index (χ0n) is 15.7. The number of amides is 3. The average Bonchev–Trinajstić information content (AvgIpc) is 3.11. The summed E-state index contributed by atoms with van der Waals surface area (Å²) in [5, 5.41) is 7.67. The maximum absolute atomic E-state index is 12.4. The first-order valence-corrected chi connectivity index (χ1v) is 8.46. The molecule has 0 radical (unpaired) electrons. The highest BCUT2D eigenvalue weighted by Crippen LogP contribution is 2.20. The van der Waals surface area contributed by atoms with Crippen LogP contribution in [0.2, 0.25) is 0 Å². The topological polar surface area (TPSA) is 127 Å². The molecule has 0 saturated heterocycles. The number of ether oxygens (including phenoxy) is 1. The number of hydrogen-bond acceptors (Lipinski definition) is 6. The van der Waals surface area contributed by atoms with Crippen LogP contribution in [-0.4, -0.2) is 29.8 Å². The third-order valence-corrected chi connectivity index (χ3v) is 3.48. The first kappa shape index (κ1) is 20.7. The van der Waals surface area contributed by atoms with Crippen LogP contribution in [0.15, 0.2) is 41.0 Å². The number of nitrogens with one attached hydrogen (secondary N) is 3. The second kappa shape index (κ2) is 9.36. The quantitative estimate of drug-likeness (QED) is 0.624. The molecule has 9 heteroatoms. The second-order valence-electron chi connectivity index (χ2n) is 6.01. The Morgan fingerprint density at radius 2 is 1.64 bits per heavy atom. The maximum Gasteiger partial charge on any atom is 0.339 e. The van der Waals surface area contributed by atoms with E-state index < -0.39 is 18.0 Å². The number of carbonyl (C=O) groups is 4. The Hall–Kier alpha value is -3.62. The molecule has 0 saturated carbocycles. The molecule has 0 aliphatic heterocycles. The molecule has 0 bridgehead atoms. The van der Waals surface area contributed by atoms with E-state index in [2.05, 4.69) is 16.0 Å². The Bertz CT molecular complexity index is 842. The molecule has 2 rings (SSSR count). The van der Waals surface area contributed by atoms with Crippen molar-refractivity contribution in [1.29, 1.82) is 0 Å². The SMILES string of the molecule is CC(=O)Nc1cc(NC(C)=O)cc(C(=O)OC(C)C(=O)NCc2ccco2)c1. The number of furan rings is 1. The summed E-state index contributed by atoms with van der Waals surface area (Å²) < 4.78 is 10.3. The summed E-state index contributed by atoms with van der Waals surface area (Å²) in [5.74, 6) is -1.39. The molecule has 1 unspecified atom stereocenters. The summed E-state index contributed by atoms with van der Waals surface area (Å²) in [6.45, 7) is 4.23. The standard InChI is InChI=1S/C19H21N3O6/c1-11(18(25)20-10-17-5-4-6-27-17)28-19(26)14-7-15(21-12(2)23)9-16(8-14)22-13(3)24/h4-9,11H,10H2,1-3H3,(H,20,25)(H,21,23)(H,22,24). The molecule has 1 atom stereocenters. The molecule has 1 aromatic carbocycles. The van der Waals surface area contributed by atoms with Crippen molar-refractivity contribution in [2.45, 2.75) is 33.4 Å². The molecule has 0 aliphatic carbocycles. The molecule has 9 nitrogen and oxygen atoms in total. The summed E-state index contributed by atoms with van der Waals surface area (Å²) in [5.41, 5.74) is 0.682. The van der Waals surface area contributed by atoms with Gasteiger partial charge in [-0.05, 0) is 37.3 Å². The highest BCUT2D eigenvalue weighted by atomic mass is 16.5. The van der Waals surface area contributed by atoms with Crippen molar-refractivity contribution in [2.75, 3.05) is 10.6 Å². The fraction of sp³-hybridized carbons (Fsp3) is 0.263. The van der Waals surface area contributed by atoms with Gasteiger partial charge in [-0.15, -0.1) is 0 Å². The fourth-order valence-corrected chi connectivity index (χ4v) is 2.31. The summed E-state index contributed by atoms with van der Waals surface area (Å²) in [6, 6.07) is 7.68. The molecular formula is C19H21N3O6. The molecule has 28 heavy (non-hydrogen) atoms. The molecule has 1 heterocycles. The van der Waals surface area contributed by atoms with Crippen LogP contribution in [0.25, 0.3) is 0 Å². The number of anilines is 2. The van der Waals surface area contributed by atoms with Crippen LogP contribution in [0.5, 0.6) is 0 Å². The van der Waals surface area contributed by atoms with Gasteiger partial charge < -0.3 is 25.1 Å². The van der Waals surface area contributed by atoms with Gasteiger partial charge >= 0.3 is 5.97 Å². The average molecular weight is 387 g/mol. The molecule has 0 fully saturated rings. The predicted molar refractivity (Wildman–Crippen MR) is 100 cm³/mol. The van der Waals surface area contributed by atoms with Gasteiger partial charge in [0.25, 0.3) is 5.91 Å². The van der Waals surface area contributed by atoms with E-state index in [1.807, 2.05) is 0 Å². The number of rotatable bonds is 7. The lowest BCUT2D eigenvalue weighted by atomic mass is 10.1. The molecular weight excluding hydrogens is 366 g/mol. The third-order valence-electron chi connectivity index (χ3n) is 3.48. The molecule has 0 aliphatic rings. The molecule has 148 valence electrons. The highest BCUT2D eigenvalue weighted by Gasteiger charge is 2.20. The Balaban J connectivity index is 2.07. The van der Waals surface area contributed by atoms with Crippen LogP contribution < -0.4 is 16.0 Å². The van der Waals surface area contributed by atoms with Crippen molar-refractivity contribution < 1.29 is 28.3 Å². The molecule has 3 N–H and O–H groups in total. The normalized spacial score (nSPS) is 11.2. The van der Waals surface area contributed by atoms with Gasteiger partial charge in [-0.1, -0.05) is 0 Å². The van der Waals surface area contributed by atoms with E-state index in [4.69, 9.17) is 9.15 Å². The lowest BCUT2D eigenvalue weighted by Crippen LogP contribution is -2.35. The predicted octanol–water partition coefficient (Wildman–Crippen LogP) is 2.06. The van der Waals surface area contributed by atoms with Gasteiger partial charge in [0, 0.05) is 25.2 Å². The largest absolute Gasteiger partial charge is 0.467 e. The molecule has 0 spiro atoms. The summed E-state index contributed by atoms with van der Waals surface area (Å²) >= 11 is 0. The van der Waals surface area contributed by atoms with Crippen molar-refractivity contribution in [1.82, 2.24) is 5.32 Å². The Labute approximate surface area is 161 Å². The summed E-state index contributed by atoms with van der Waals surface area (Å²) in [4.78, 5) is 47.1. The van der Waals surface area contributed by atoms with E-state index in [-0.39, 0.29) is 23.9 Å². The first-order chi connectivity index (χ1) is 13.2. The smallest absolute Gasteiger partial charge is 0.339 e. The highest BCUT2D eigenvalue weighted by molar-refractivity contribution is 5.98. The van der Waals surface area contributed by atoms with E-state index in [0.717, 1.165) is 0 Å². The number of hydrogen-bond donors (Lipinski definition) is 3. The van der Waals surface area contributed by atoms with Gasteiger partial charge in [0.2, 0.25) is 11.8 Å². The summed E-state index contributed by atoms with van der Waals surface area (Å²) in [7, 11) is 0. The van der Waals surface area contributed by atoms with Crippen molar-refractivity contribution in [3.63, 3.8) is 0 Å². The first-order valence-electron chi connectivity index (χ1n) is 8.46. The van der Waals surface area contributed by atoms with E-state index in [0.29, 0.717) is 17.1 Å². The Morgan fingerprint density at radius 1 is 1.04 bits per heavy atom. The second-order valence-corrected chi connectivity index (χ2v) is 6.01. The van der Waals surface area contributed by atoms with Gasteiger partial charge in [0.15, 0.2) is 6.10 Å². The lowest BCUT2D eigenvalue weighted by molar-refractivity contribution is -0.129. The van der Waals surface area contributed by atoms with Gasteiger partial charge in [-0.25, -0.2) is 4.79 Å². The van der Waals surface area contributed by atoms with Crippen molar-refractivity contribution >= 4 is 35.1 Å². The lowest BCUT2D eigenvalue weighted by Gasteiger charge is -2.14. The zero-order chi connectivity index (χ0) is 20.7. The van der Waals surface area contributed by atoms with Crippen molar-refractivity contribution in [2.24, 2.45) is 0 Å². The Kier molecular flexibility index (Phi) is 6.91. The molecule has 1 aromatic heterocycles. The third kappa shape index (κ3) is 6.27. The minimum absolute atomic E-state index is 0.0701. The van der Waals surface area contributed by atoms with E-state index >= 15 is 0 Å². The Morgan fingerprint density at radius 3 is 2.14 bits per heavy atom. The van der Waals surface area contributed by atoms with Crippen LogP contribution in [0.3, 0.4) is 0 Å². The molecule has 3 amide bonds. The number of benzene rings is 1. The van der Waals surface area contributed by atoms with Gasteiger partial charge in [-0.3, -0.25) is 14.4 Å². The number of carbonyl (C=O) groups excluding carboxylic acids is 4. The minimum atomic E-state index is -1.06. The van der Waals surface area contributed by atoms with Crippen molar-refractivity contribution in [3.8, 4) is 0 Å². The van der Waals surface area contributed by atoms with Gasteiger partial charge in [0.1, 0.15) is 5.76 Å². The van der Waals surface area contributed by atoms with E-state index in [1.165, 1.54) is 45.2 Å². The van der Waals surface area contributed by atoms with Gasteiger partial charge in [0.05, 0.1) is 18.4 Å². The maximum atomic E-state index is 12.4. The van der Waals surface area contributed by atoms with Crippen LogP contribution in [0.4, 0.5) is 11.4 Å². The van der Waals surface area contributed by atoms with Crippen LogP contribution >= 0.6 is 0 Å². The van der Waals surface area contributed by atoms with Crippen LogP contribution in [0, 0.1) is 0 Å². The zero-order valence-corrected chi connectivity index (χ0v) is 15.7. The monoisotopic (exact) mass is 387 g/mol. The fourth-order valence-electron chi connectivity index (χ4n) is 2.31. The minimum Gasteiger partial charge on any atom is -0.467 e.